The van der Waals surface area contributed by atoms with Gasteiger partial charge in [-0.3, -0.25) is 9.79 Å². The summed E-state index contributed by atoms with van der Waals surface area (Å²) in [6, 6.07) is 24.9. The minimum Gasteiger partial charge on any atom is -0.504 e. The molecule has 1 unspecified atom stereocenters. The molecule has 0 radical (unpaired) electrons. The predicted molar refractivity (Wildman–Crippen MR) is 150 cm³/mol. The monoisotopic (exact) mass is 523 g/mol. The van der Waals surface area contributed by atoms with Crippen LogP contribution in [0.15, 0.2) is 95.1 Å². The van der Waals surface area contributed by atoms with Crippen molar-refractivity contribution in [3.05, 3.63) is 107 Å². The van der Waals surface area contributed by atoms with Gasteiger partial charge in [0.2, 0.25) is 0 Å². The van der Waals surface area contributed by atoms with E-state index in [1.807, 2.05) is 74.5 Å². The zero-order valence-corrected chi connectivity index (χ0v) is 22.3. The maximum atomic E-state index is 13.8. The Hall–Kier alpha value is -4.19. The van der Waals surface area contributed by atoms with E-state index in [-0.39, 0.29) is 24.1 Å². The molecule has 1 fully saturated rings. The minimum absolute atomic E-state index is 0.0112. The number of hydrogen-bond donors (Lipinski definition) is 1. The molecule has 0 spiro atoms. The van der Waals surface area contributed by atoms with Gasteiger partial charge in [0.15, 0.2) is 11.5 Å². The third-order valence-electron chi connectivity index (χ3n) is 7.55. The lowest BCUT2D eigenvalue weighted by molar-refractivity contribution is -0.139. The third-order valence-corrected chi connectivity index (χ3v) is 7.55. The summed E-state index contributed by atoms with van der Waals surface area (Å²) in [5.74, 6) is -1.21. The number of aromatic hydroxyl groups is 1. The quantitative estimate of drug-likeness (QED) is 0.358. The van der Waals surface area contributed by atoms with E-state index >= 15 is 0 Å². The first-order chi connectivity index (χ1) is 19.0. The summed E-state index contributed by atoms with van der Waals surface area (Å²) < 4.78 is 11.4. The fourth-order valence-electron chi connectivity index (χ4n) is 5.74. The second-order valence-electron chi connectivity index (χ2n) is 10.1. The maximum absolute atomic E-state index is 13.8. The van der Waals surface area contributed by atoms with Crippen molar-refractivity contribution in [3.63, 3.8) is 0 Å². The molecule has 1 aliphatic heterocycles. The number of phenols is 1. The third kappa shape index (κ3) is 5.65. The standard InChI is InChI=1S/C33H33NO5/c1-3-38-29-20-24(14-15-27(29)35)31-30(33(37)39-17-16-22-10-6-4-7-11-22)21(2)34-26-18-25(19-28(36)32(26)31)23-12-8-5-9-13-23/h4-15,20,25,31-32,35H,3,16-19H2,1-2H3/t25-,31-,32?/m0/s1. The first-order valence-electron chi connectivity index (χ1n) is 13.5. The molecule has 1 aliphatic carbocycles. The van der Waals surface area contributed by atoms with Crippen molar-refractivity contribution in [2.24, 2.45) is 10.9 Å². The highest BCUT2D eigenvalue weighted by atomic mass is 16.5. The molecular formula is C33H33NO5. The van der Waals surface area contributed by atoms with Crippen molar-refractivity contribution in [3.8, 4) is 11.5 Å². The van der Waals surface area contributed by atoms with E-state index in [4.69, 9.17) is 14.5 Å². The van der Waals surface area contributed by atoms with Crippen LogP contribution in [0.1, 0.15) is 55.2 Å². The molecule has 0 bridgehead atoms. The number of carbonyl (C=O) groups is 2. The number of allylic oxidation sites excluding steroid dienone is 1. The van der Waals surface area contributed by atoms with Gasteiger partial charge >= 0.3 is 5.97 Å². The zero-order valence-electron chi connectivity index (χ0n) is 22.3. The van der Waals surface area contributed by atoms with Crippen LogP contribution in [0.3, 0.4) is 0 Å². The zero-order chi connectivity index (χ0) is 27.4. The van der Waals surface area contributed by atoms with Gasteiger partial charge in [-0.15, -0.1) is 0 Å². The molecule has 3 aromatic carbocycles. The maximum Gasteiger partial charge on any atom is 0.336 e. The number of carbonyl (C=O) groups excluding carboxylic acids is 2. The Morgan fingerprint density at radius 1 is 0.949 bits per heavy atom. The van der Waals surface area contributed by atoms with Crippen molar-refractivity contribution < 1.29 is 24.2 Å². The number of aliphatic imine (C=N–C) groups is 1. The van der Waals surface area contributed by atoms with Crippen molar-refractivity contribution >= 4 is 17.5 Å². The number of benzene rings is 3. The first-order valence-corrected chi connectivity index (χ1v) is 13.5. The van der Waals surface area contributed by atoms with Gasteiger partial charge in [-0.2, -0.15) is 0 Å². The Labute approximate surface area is 229 Å². The lowest BCUT2D eigenvalue weighted by Gasteiger charge is -2.38. The molecular weight excluding hydrogens is 490 g/mol. The van der Waals surface area contributed by atoms with Crippen LogP contribution in [0, 0.1) is 5.92 Å². The van der Waals surface area contributed by atoms with Crippen molar-refractivity contribution in [2.45, 2.75) is 44.9 Å². The molecule has 1 N–H and O–H groups in total. The molecule has 2 aliphatic rings. The van der Waals surface area contributed by atoms with E-state index in [0.717, 1.165) is 22.4 Å². The van der Waals surface area contributed by atoms with E-state index < -0.39 is 17.8 Å². The molecule has 0 saturated heterocycles. The van der Waals surface area contributed by atoms with E-state index in [2.05, 4.69) is 0 Å². The minimum atomic E-state index is -0.579. The molecule has 6 heteroatoms. The topological polar surface area (TPSA) is 85.2 Å². The highest BCUT2D eigenvalue weighted by molar-refractivity contribution is 6.12. The van der Waals surface area contributed by atoms with Gasteiger partial charge in [0.25, 0.3) is 0 Å². The summed E-state index contributed by atoms with van der Waals surface area (Å²) in [7, 11) is 0. The van der Waals surface area contributed by atoms with Gasteiger partial charge in [-0.1, -0.05) is 66.7 Å². The number of phenolic OH excluding ortho intramolecular Hbond substituents is 1. The number of Topliss-reactive ketones (excluding diaryl/α,β-unsaturated/α-hetero) is 1. The summed E-state index contributed by atoms with van der Waals surface area (Å²) in [4.78, 5) is 32.2. The summed E-state index contributed by atoms with van der Waals surface area (Å²) in [5.41, 5.74) is 4.63. The Kier molecular flexibility index (Phi) is 7.92. The highest BCUT2D eigenvalue weighted by Crippen LogP contribution is 2.47. The number of fused-ring (bicyclic) bond motifs is 1. The molecule has 3 atom stereocenters. The lowest BCUT2D eigenvalue weighted by atomic mass is 9.66. The van der Waals surface area contributed by atoms with Crippen LogP contribution in [0.2, 0.25) is 0 Å². The van der Waals surface area contributed by atoms with Crippen LogP contribution >= 0.6 is 0 Å². The normalized spacial score (nSPS) is 20.7. The second kappa shape index (κ2) is 11.7. The Morgan fingerprint density at radius 3 is 2.38 bits per heavy atom. The van der Waals surface area contributed by atoms with E-state index in [1.54, 1.807) is 18.2 Å². The Balaban J connectivity index is 1.50. The summed E-state index contributed by atoms with van der Waals surface area (Å²) in [6.07, 6.45) is 1.60. The Morgan fingerprint density at radius 2 is 1.67 bits per heavy atom. The molecule has 1 saturated carbocycles. The SMILES string of the molecule is CCOc1cc([C@H]2C(C(=O)OCCc3ccccc3)=C(C)N=C3C[C@H](c4ccccc4)CC(=O)C32)ccc1O. The summed E-state index contributed by atoms with van der Waals surface area (Å²) >= 11 is 0. The van der Waals surface area contributed by atoms with Gasteiger partial charge in [0, 0.05) is 30.2 Å². The number of esters is 1. The fraction of sp³-hybridized carbons (Fsp3) is 0.303. The van der Waals surface area contributed by atoms with Gasteiger partial charge in [0.05, 0.1) is 24.7 Å². The smallest absolute Gasteiger partial charge is 0.336 e. The second-order valence-corrected chi connectivity index (χ2v) is 10.1. The van der Waals surface area contributed by atoms with Crippen LogP contribution in [-0.2, 0) is 20.7 Å². The predicted octanol–water partition coefficient (Wildman–Crippen LogP) is 6.15. The molecule has 5 rings (SSSR count). The number of hydrogen-bond acceptors (Lipinski definition) is 6. The van der Waals surface area contributed by atoms with Crippen LogP contribution in [0.25, 0.3) is 0 Å². The van der Waals surface area contributed by atoms with Gasteiger partial charge in [0.1, 0.15) is 5.78 Å². The average molecular weight is 524 g/mol. The van der Waals surface area contributed by atoms with Crippen LogP contribution in [0.5, 0.6) is 11.5 Å². The van der Waals surface area contributed by atoms with Crippen LogP contribution in [0.4, 0.5) is 0 Å². The van der Waals surface area contributed by atoms with E-state index in [1.165, 1.54) is 0 Å². The van der Waals surface area contributed by atoms with Crippen molar-refractivity contribution in [1.82, 2.24) is 0 Å². The number of nitrogens with zero attached hydrogens (tertiary/aromatic N) is 1. The van der Waals surface area contributed by atoms with E-state index in [0.29, 0.717) is 42.9 Å². The van der Waals surface area contributed by atoms with Crippen molar-refractivity contribution in [2.75, 3.05) is 13.2 Å². The van der Waals surface area contributed by atoms with Gasteiger partial charge in [-0.05, 0) is 55.0 Å². The highest BCUT2D eigenvalue weighted by Gasteiger charge is 2.46. The fourth-order valence-corrected chi connectivity index (χ4v) is 5.74. The molecule has 6 nitrogen and oxygen atoms in total. The molecule has 0 amide bonds. The number of rotatable bonds is 8. The molecule has 0 aromatic heterocycles. The summed E-state index contributed by atoms with van der Waals surface area (Å²) in [5, 5.41) is 10.3. The molecule has 200 valence electrons. The van der Waals surface area contributed by atoms with Crippen LogP contribution < -0.4 is 4.74 Å². The van der Waals surface area contributed by atoms with Crippen molar-refractivity contribution in [1.29, 1.82) is 0 Å². The van der Waals surface area contributed by atoms with E-state index in [9.17, 15) is 14.7 Å². The largest absolute Gasteiger partial charge is 0.504 e. The first kappa shape index (κ1) is 26.4. The molecule has 39 heavy (non-hydrogen) atoms. The Bertz CT molecular complexity index is 1410. The molecule has 3 aromatic rings. The lowest BCUT2D eigenvalue weighted by Crippen LogP contribution is -2.41. The number of ketones is 1. The number of ether oxygens (including phenoxy) is 2. The van der Waals surface area contributed by atoms with Crippen LogP contribution in [-0.4, -0.2) is 35.8 Å². The van der Waals surface area contributed by atoms with Gasteiger partial charge in [-0.25, -0.2) is 4.79 Å². The van der Waals surface area contributed by atoms with Gasteiger partial charge < -0.3 is 14.6 Å². The average Bonchev–Trinajstić information content (AvgIpc) is 2.94. The molecule has 1 heterocycles. The summed E-state index contributed by atoms with van der Waals surface area (Å²) in [6.45, 7) is 4.24.